The van der Waals surface area contributed by atoms with E-state index in [1.165, 1.54) is 0 Å². The normalized spacial score (nSPS) is 11.0. The molecule has 0 bridgehead atoms. The third-order valence-electron chi connectivity index (χ3n) is 3.66. The molecule has 0 fully saturated rings. The van der Waals surface area contributed by atoms with Crippen molar-refractivity contribution in [2.24, 2.45) is 0 Å². The summed E-state index contributed by atoms with van der Waals surface area (Å²) in [5, 5.41) is 15.8. The van der Waals surface area contributed by atoms with Crippen LogP contribution in [0.3, 0.4) is 0 Å². The minimum atomic E-state index is 0.189. The molecule has 112 valence electrons. The number of hydrogen-bond donors (Lipinski definition) is 2. The van der Waals surface area contributed by atoms with Gasteiger partial charge in [0.2, 0.25) is 0 Å². The fraction of sp³-hybridized carbons (Fsp3) is 0. The van der Waals surface area contributed by atoms with Gasteiger partial charge < -0.3 is 10.4 Å². The maximum Gasteiger partial charge on any atom is 0.118 e. The van der Waals surface area contributed by atoms with Crippen molar-refractivity contribution >= 4 is 44.8 Å². The van der Waals surface area contributed by atoms with Crippen molar-refractivity contribution in [1.82, 2.24) is 9.97 Å². The molecule has 0 aliphatic heterocycles. The number of halogens is 1. The van der Waals surface area contributed by atoms with Gasteiger partial charge in [-0.2, -0.15) is 0 Å². The molecule has 0 spiro atoms. The van der Waals surface area contributed by atoms with E-state index >= 15 is 0 Å². The zero-order valence-corrected chi connectivity index (χ0v) is 12.7. The molecule has 4 aromatic rings. The highest BCUT2D eigenvalue weighted by Crippen LogP contribution is 2.32. The lowest BCUT2D eigenvalue weighted by molar-refractivity contribution is 0.476. The molecular weight excluding hydrogens is 310 g/mol. The molecule has 2 N–H and O–H groups in total. The third-order valence-corrected chi connectivity index (χ3v) is 3.90. The Labute approximate surface area is 137 Å². The van der Waals surface area contributed by atoms with E-state index in [1.807, 2.05) is 36.4 Å². The first kappa shape index (κ1) is 13.8. The molecule has 2 aromatic heterocycles. The Morgan fingerprint density at radius 1 is 0.913 bits per heavy atom. The van der Waals surface area contributed by atoms with E-state index in [-0.39, 0.29) is 5.75 Å². The first-order chi connectivity index (χ1) is 11.2. The summed E-state index contributed by atoms with van der Waals surface area (Å²) in [6.45, 7) is 0. The van der Waals surface area contributed by atoms with Crippen molar-refractivity contribution < 1.29 is 5.11 Å². The number of fused-ring (bicyclic) bond motifs is 2. The van der Waals surface area contributed by atoms with Gasteiger partial charge in [-0.3, -0.25) is 9.97 Å². The molecule has 0 aliphatic carbocycles. The van der Waals surface area contributed by atoms with Crippen LogP contribution in [0.4, 0.5) is 11.4 Å². The van der Waals surface area contributed by atoms with Gasteiger partial charge >= 0.3 is 0 Å². The summed E-state index contributed by atoms with van der Waals surface area (Å²) in [5.41, 5.74) is 3.22. The number of pyridine rings is 2. The maximum atomic E-state index is 9.94. The summed E-state index contributed by atoms with van der Waals surface area (Å²) in [7, 11) is 0. The van der Waals surface area contributed by atoms with Crippen LogP contribution >= 0.6 is 11.6 Å². The first-order valence-corrected chi connectivity index (χ1v) is 7.47. The molecule has 23 heavy (non-hydrogen) atoms. The highest BCUT2D eigenvalue weighted by atomic mass is 35.5. The smallest absolute Gasteiger partial charge is 0.118 e. The van der Waals surface area contributed by atoms with Gasteiger partial charge in [-0.25, -0.2) is 0 Å². The summed E-state index contributed by atoms with van der Waals surface area (Å²) in [5.74, 6) is 0.189. The van der Waals surface area contributed by atoms with Crippen LogP contribution < -0.4 is 5.32 Å². The number of hydrogen-bond acceptors (Lipinski definition) is 4. The minimum absolute atomic E-state index is 0.189. The topological polar surface area (TPSA) is 58.0 Å². The quantitative estimate of drug-likeness (QED) is 0.552. The van der Waals surface area contributed by atoms with Crippen LogP contribution in [0.1, 0.15) is 0 Å². The van der Waals surface area contributed by atoms with Gasteiger partial charge in [0, 0.05) is 39.9 Å². The lowest BCUT2D eigenvalue weighted by atomic mass is 10.1. The van der Waals surface area contributed by atoms with Gasteiger partial charge in [0.25, 0.3) is 0 Å². The number of nitrogens with one attached hydrogen (secondary N) is 1. The van der Waals surface area contributed by atoms with E-state index in [1.54, 1.807) is 24.5 Å². The summed E-state index contributed by atoms with van der Waals surface area (Å²) in [4.78, 5) is 8.74. The highest BCUT2D eigenvalue weighted by molar-refractivity contribution is 6.31. The maximum absolute atomic E-state index is 9.94. The second-order valence-corrected chi connectivity index (χ2v) is 5.65. The molecule has 0 aliphatic rings. The number of phenols is 1. The third kappa shape index (κ3) is 2.53. The van der Waals surface area contributed by atoms with Crippen molar-refractivity contribution in [3.05, 3.63) is 65.9 Å². The second kappa shape index (κ2) is 5.41. The van der Waals surface area contributed by atoms with Crippen molar-refractivity contribution in [3.8, 4) is 5.75 Å². The Morgan fingerprint density at radius 3 is 2.74 bits per heavy atom. The Balaban J connectivity index is 1.88. The number of aromatic hydroxyl groups is 1. The van der Waals surface area contributed by atoms with Crippen LogP contribution in [0.5, 0.6) is 5.75 Å². The van der Waals surface area contributed by atoms with Gasteiger partial charge in [0.1, 0.15) is 5.75 Å². The van der Waals surface area contributed by atoms with E-state index in [4.69, 9.17) is 11.6 Å². The average Bonchev–Trinajstić information content (AvgIpc) is 2.54. The fourth-order valence-electron chi connectivity index (χ4n) is 2.65. The van der Waals surface area contributed by atoms with Gasteiger partial charge in [-0.15, -0.1) is 0 Å². The fourth-order valence-corrected chi connectivity index (χ4v) is 2.81. The van der Waals surface area contributed by atoms with E-state index in [2.05, 4.69) is 15.3 Å². The number of benzene rings is 2. The lowest BCUT2D eigenvalue weighted by Gasteiger charge is -2.12. The van der Waals surface area contributed by atoms with Gasteiger partial charge in [-0.05, 0) is 36.4 Å². The highest BCUT2D eigenvalue weighted by Gasteiger charge is 2.08. The van der Waals surface area contributed by atoms with Crippen LogP contribution in [0, 0.1) is 0 Å². The summed E-state index contributed by atoms with van der Waals surface area (Å²) >= 11 is 6.03. The van der Waals surface area contributed by atoms with Gasteiger partial charge in [0.15, 0.2) is 0 Å². The standard InChI is InChI=1S/C18H12ClN3O/c19-12-3-4-14-15(5-7-20-16(14)9-12)22-17-10-13(23)8-11-2-1-6-21-18(11)17/h1-10,23H,(H,20,22). The first-order valence-electron chi connectivity index (χ1n) is 7.10. The van der Waals surface area contributed by atoms with Gasteiger partial charge in [-0.1, -0.05) is 17.7 Å². The minimum Gasteiger partial charge on any atom is -0.508 e. The number of anilines is 2. The van der Waals surface area contributed by atoms with E-state index in [9.17, 15) is 5.11 Å². The van der Waals surface area contributed by atoms with Gasteiger partial charge in [0.05, 0.1) is 16.7 Å². The Bertz CT molecular complexity index is 1030. The molecule has 0 saturated heterocycles. The van der Waals surface area contributed by atoms with E-state index in [0.29, 0.717) is 5.02 Å². The van der Waals surface area contributed by atoms with Crippen LogP contribution in [0.2, 0.25) is 5.02 Å². The largest absolute Gasteiger partial charge is 0.508 e. The molecule has 4 nitrogen and oxygen atoms in total. The lowest BCUT2D eigenvalue weighted by Crippen LogP contribution is -1.95. The zero-order chi connectivity index (χ0) is 15.8. The predicted octanol–water partition coefficient (Wildman–Crippen LogP) is 4.89. The van der Waals surface area contributed by atoms with Crippen LogP contribution in [0.15, 0.2) is 60.9 Å². The molecule has 2 heterocycles. The summed E-state index contributed by atoms with van der Waals surface area (Å²) in [6.07, 6.45) is 3.45. The van der Waals surface area contributed by atoms with Crippen molar-refractivity contribution in [1.29, 1.82) is 0 Å². The summed E-state index contributed by atoms with van der Waals surface area (Å²) < 4.78 is 0. The molecular formula is C18H12ClN3O. The molecule has 0 radical (unpaired) electrons. The van der Waals surface area contributed by atoms with Crippen molar-refractivity contribution in [3.63, 3.8) is 0 Å². The second-order valence-electron chi connectivity index (χ2n) is 5.21. The van der Waals surface area contributed by atoms with Crippen molar-refractivity contribution in [2.45, 2.75) is 0 Å². The zero-order valence-electron chi connectivity index (χ0n) is 12.0. The van der Waals surface area contributed by atoms with Crippen LogP contribution in [-0.2, 0) is 0 Å². The number of phenolic OH excluding ortho intramolecular Hbond substituents is 1. The summed E-state index contributed by atoms with van der Waals surface area (Å²) in [6, 6.07) is 14.6. The number of rotatable bonds is 2. The Morgan fingerprint density at radius 2 is 1.83 bits per heavy atom. The molecule has 2 aromatic carbocycles. The molecule has 0 saturated carbocycles. The number of aromatic nitrogens is 2. The molecule has 0 atom stereocenters. The number of nitrogens with zero attached hydrogens (tertiary/aromatic N) is 2. The van der Waals surface area contributed by atoms with E-state index in [0.717, 1.165) is 33.2 Å². The molecule has 0 amide bonds. The Hall–Kier alpha value is -2.85. The monoisotopic (exact) mass is 321 g/mol. The van der Waals surface area contributed by atoms with Crippen LogP contribution in [0.25, 0.3) is 21.8 Å². The van der Waals surface area contributed by atoms with E-state index < -0.39 is 0 Å². The Kier molecular flexibility index (Phi) is 3.24. The van der Waals surface area contributed by atoms with Crippen LogP contribution in [-0.4, -0.2) is 15.1 Å². The molecule has 5 heteroatoms. The molecule has 0 unspecified atom stereocenters. The SMILES string of the molecule is Oc1cc(Nc2ccnc3cc(Cl)ccc23)c2ncccc2c1. The predicted molar refractivity (Wildman–Crippen MR) is 93.4 cm³/mol. The molecule has 4 rings (SSSR count). The van der Waals surface area contributed by atoms with Crippen molar-refractivity contribution in [2.75, 3.05) is 5.32 Å². The average molecular weight is 322 g/mol.